The summed E-state index contributed by atoms with van der Waals surface area (Å²) < 4.78 is 32.7. The fraction of sp³-hybridized carbons (Fsp3) is 0.556. The summed E-state index contributed by atoms with van der Waals surface area (Å²) in [5, 5.41) is 1.06. The van der Waals surface area contributed by atoms with Crippen molar-refractivity contribution in [3.63, 3.8) is 0 Å². The van der Waals surface area contributed by atoms with Crippen LogP contribution >= 0.6 is 23.2 Å². The van der Waals surface area contributed by atoms with Crippen LogP contribution in [-0.4, -0.2) is 98.1 Å². The van der Waals surface area contributed by atoms with Crippen molar-refractivity contribution in [2.24, 2.45) is 0 Å². The third-order valence-corrected chi connectivity index (χ3v) is 7.30. The van der Waals surface area contributed by atoms with Crippen molar-refractivity contribution >= 4 is 47.3 Å². The maximum Gasteiger partial charge on any atom is 0.412 e. The molecule has 0 aliphatic heterocycles. The average Bonchev–Trinajstić information content (AvgIpc) is 3.02. The summed E-state index contributed by atoms with van der Waals surface area (Å²) in [5.74, 6) is -1.31. The Bertz CT molecular complexity index is 1270. The van der Waals surface area contributed by atoms with Crippen LogP contribution in [0, 0.1) is 0 Å². The second kappa shape index (κ2) is 20.3. The van der Waals surface area contributed by atoms with E-state index < -0.39 is 47.4 Å². The Labute approximate surface area is 305 Å². The molecule has 2 aromatic rings. The summed E-state index contributed by atoms with van der Waals surface area (Å²) in [6.45, 7) is 9.91. The van der Waals surface area contributed by atoms with Crippen molar-refractivity contribution in [1.29, 1.82) is 0 Å². The number of hydrogen-bond acceptors (Lipinski definition) is 10. The SMILES string of the molecule is COCN(C(=O)OC(C)(C)C)[C@@H](Cc1ccc(Cl)cc1)C(=O)OCCCCOC(=O)[C@H](Cc1ccc(Cl)cc1)N(COC)C(=O)OC(C)(C)C. The van der Waals surface area contributed by atoms with E-state index in [2.05, 4.69) is 0 Å². The Morgan fingerprint density at radius 3 is 1.20 bits per heavy atom. The monoisotopic (exact) mass is 740 g/mol. The van der Waals surface area contributed by atoms with Crippen LogP contribution in [-0.2, 0) is 50.9 Å². The van der Waals surface area contributed by atoms with Crippen LogP contribution in [0.1, 0.15) is 65.5 Å². The number of carbonyl (C=O) groups is 4. The van der Waals surface area contributed by atoms with E-state index in [9.17, 15) is 19.2 Å². The summed E-state index contributed by atoms with van der Waals surface area (Å²) in [6.07, 6.45) is -0.520. The highest BCUT2D eigenvalue weighted by molar-refractivity contribution is 6.30. The van der Waals surface area contributed by atoms with Gasteiger partial charge in [-0.1, -0.05) is 47.5 Å². The maximum absolute atomic E-state index is 13.4. The van der Waals surface area contributed by atoms with Gasteiger partial charge >= 0.3 is 24.1 Å². The van der Waals surface area contributed by atoms with Gasteiger partial charge in [-0.25, -0.2) is 19.2 Å². The molecule has 0 aliphatic carbocycles. The van der Waals surface area contributed by atoms with E-state index in [0.29, 0.717) is 22.9 Å². The van der Waals surface area contributed by atoms with Gasteiger partial charge in [0.1, 0.15) is 36.7 Å². The van der Waals surface area contributed by atoms with Gasteiger partial charge in [-0.05, 0) is 89.8 Å². The van der Waals surface area contributed by atoms with Gasteiger partial charge in [-0.2, -0.15) is 0 Å². The van der Waals surface area contributed by atoms with Crippen molar-refractivity contribution in [3.05, 3.63) is 69.7 Å². The van der Waals surface area contributed by atoms with Crippen LogP contribution in [0.4, 0.5) is 9.59 Å². The zero-order chi connectivity index (χ0) is 37.5. The Hall–Kier alpha value is -3.58. The van der Waals surface area contributed by atoms with Crippen LogP contribution in [0.5, 0.6) is 0 Å². The fourth-order valence-corrected chi connectivity index (χ4v) is 4.78. The molecule has 0 unspecified atom stereocenters. The van der Waals surface area contributed by atoms with Gasteiger partial charge in [-0.3, -0.25) is 9.80 Å². The Kier molecular flexibility index (Phi) is 17.3. The number of methoxy groups -OCH3 is 2. The van der Waals surface area contributed by atoms with Crippen LogP contribution in [0.25, 0.3) is 0 Å². The molecule has 0 N–H and O–H groups in total. The molecule has 0 saturated carbocycles. The molecule has 2 rings (SSSR count). The van der Waals surface area contributed by atoms with Gasteiger partial charge < -0.3 is 28.4 Å². The van der Waals surface area contributed by atoms with E-state index in [1.807, 2.05) is 0 Å². The Morgan fingerprint density at radius 2 is 0.920 bits per heavy atom. The number of unbranched alkanes of at least 4 members (excludes halogenated alkanes) is 1. The van der Waals surface area contributed by atoms with Crippen molar-refractivity contribution in [2.75, 3.05) is 40.9 Å². The summed E-state index contributed by atoms with van der Waals surface area (Å²) in [7, 11) is 2.82. The quantitative estimate of drug-likeness (QED) is 0.0719. The molecule has 0 fully saturated rings. The second-order valence-corrected chi connectivity index (χ2v) is 14.3. The lowest BCUT2D eigenvalue weighted by Gasteiger charge is -2.32. The molecule has 0 bridgehead atoms. The minimum atomic E-state index is -1.06. The lowest BCUT2D eigenvalue weighted by molar-refractivity contribution is -0.154. The van der Waals surface area contributed by atoms with Crippen LogP contribution < -0.4 is 0 Å². The first-order chi connectivity index (χ1) is 23.4. The molecule has 12 nitrogen and oxygen atoms in total. The molecule has 50 heavy (non-hydrogen) atoms. The van der Waals surface area contributed by atoms with E-state index in [-0.39, 0.29) is 39.5 Å². The van der Waals surface area contributed by atoms with Crippen molar-refractivity contribution in [3.8, 4) is 0 Å². The zero-order valence-electron chi connectivity index (χ0n) is 30.2. The smallest absolute Gasteiger partial charge is 0.412 e. The van der Waals surface area contributed by atoms with Crippen molar-refractivity contribution in [2.45, 2.75) is 90.5 Å². The first-order valence-corrected chi connectivity index (χ1v) is 17.0. The number of rotatable bonds is 17. The highest BCUT2D eigenvalue weighted by Crippen LogP contribution is 2.20. The summed E-state index contributed by atoms with van der Waals surface area (Å²) in [5.41, 5.74) is -0.127. The lowest BCUT2D eigenvalue weighted by Crippen LogP contribution is -2.50. The number of amides is 2. The van der Waals surface area contributed by atoms with Crippen molar-refractivity contribution < 1.29 is 47.6 Å². The first kappa shape index (κ1) is 42.6. The average molecular weight is 742 g/mol. The maximum atomic E-state index is 13.4. The molecule has 2 atom stereocenters. The fourth-order valence-electron chi connectivity index (χ4n) is 4.53. The van der Waals surface area contributed by atoms with E-state index >= 15 is 0 Å². The number of nitrogens with zero attached hydrogens (tertiary/aromatic N) is 2. The van der Waals surface area contributed by atoms with Gasteiger partial charge in [0.05, 0.1) is 13.2 Å². The molecule has 0 aromatic heterocycles. The second-order valence-electron chi connectivity index (χ2n) is 13.5. The van der Waals surface area contributed by atoms with Crippen LogP contribution in [0.3, 0.4) is 0 Å². The number of halogens is 2. The minimum absolute atomic E-state index is 0.00937. The number of ether oxygens (including phenoxy) is 6. The van der Waals surface area contributed by atoms with Gasteiger partial charge in [-0.15, -0.1) is 0 Å². The third-order valence-electron chi connectivity index (χ3n) is 6.80. The highest BCUT2D eigenvalue weighted by Gasteiger charge is 2.36. The highest BCUT2D eigenvalue weighted by atomic mass is 35.5. The van der Waals surface area contributed by atoms with Gasteiger partial charge in [0.15, 0.2) is 0 Å². The largest absolute Gasteiger partial charge is 0.464 e. The summed E-state index contributed by atoms with van der Waals surface area (Å²) in [4.78, 5) is 55.4. The molecule has 0 saturated heterocycles. The molecule has 14 heteroatoms. The number of carbonyl (C=O) groups excluding carboxylic acids is 4. The van der Waals surface area contributed by atoms with E-state index in [1.165, 1.54) is 24.0 Å². The molecule has 0 aliphatic rings. The zero-order valence-corrected chi connectivity index (χ0v) is 31.7. The third kappa shape index (κ3) is 15.5. The molecule has 0 heterocycles. The van der Waals surface area contributed by atoms with Crippen LogP contribution in [0.15, 0.2) is 48.5 Å². The molecule has 2 aromatic carbocycles. The Morgan fingerprint density at radius 1 is 0.600 bits per heavy atom. The van der Waals surface area contributed by atoms with E-state index in [0.717, 1.165) is 11.1 Å². The number of esters is 2. The van der Waals surface area contributed by atoms with E-state index in [1.54, 1.807) is 90.1 Å². The molecular weight excluding hydrogens is 691 g/mol. The molecule has 0 radical (unpaired) electrons. The minimum Gasteiger partial charge on any atom is -0.464 e. The number of benzene rings is 2. The van der Waals surface area contributed by atoms with Gasteiger partial charge in [0.25, 0.3) is 0 Å². The molecular formula is C36H50Cl2N2O10. The predicted molar refractivity (Wildman–Crippen MR) is 189 cm³/mol. The molecule has 278 valence electrons. The summed E-state index contributed by atoms with van der Waals surface area (Å²) >= 11 is 12.1. The molecule has 0 spiro atoms. The van der Waals surface area contributed by atoms with Gasteiger partial charge in [0.2, 0.25) is 0 Å². The summed E-state index contributed by atoms with van der Waals surface area (Å²) in [6, 6.07) is 11.7. The standard InChI is InChI=1S/C36H50Cl2N2O10/c1-35(2,3)49-33(43)39(23-45-7)29(21-25-11-15-27(37)16-12-25)31(41)47-19-9-10-20-48-32(42)30(22-26-13-17-28(38)18-14-26)40(24-46-8)34(44)50-36(4,5)6/h11-18,29-30H,9-10,19-24H2,1-8H3/t29-,30-/m0/s1. The van der Waals surface area contributed by atoms with Crippen LogP contribution in [0.2, 0.25) is 10.0 Å². The molecule has 2 amide bonds. The first-order valence-electron chi connectivity index (χ1n) is 16.2. The van der Waals surface area contributed by atoms with E-state index in [4.69, 9.17) is 51.6 Å². The van der Waals surface area contributed by atoms with Crippen molar-refractivity contribution in [1.82, 2.24) is 9.80 Å². The number of hydrogen-bond donors (Lipinski definition) is 0. The van der Waals surface area contributed by atoms with Gasteiger partial charge in [0, 0.05) is 37.1 Å². The topological polar surface area (TPSA) is 130 Å². The Balaban J connectivity index is 2.09. The predicted octanol–water partition coefficient (Wildman–Crippen LogP) is 7.06. The normalized spacial score (nSPS) is 12.8. The lowest BCUT2D eigenvalue weighted by atomic mass is 10.0.